The molecule has 1 rings (SSSR count). The van der Waals surface area contributed by atoms with Gasteiger partial charge in [-0.1, -0.05) is 32.4 Å². The second kappa shape index (κ2) is 19.0. The number of aliphatic hydroxyl groups is 1. The molecule has 0 fully saturated rings. The number of benzene rings is 1. The Hall–Kier alpha value is -3.19. The lowest BCUT2D eigenvalue weighted by Crippen LogP contribution is -2.47. The largest absolute Gasteiger partial charge is 0.399 e. The maximum Gasteiger partial charge on any atom is 0.246 e. The predicted octanol–water partition coefficient (Wildman–Crippen LogP) is -0.105. The first kappa shape index (κ1) is 32.8. The first-order valence-electron chi connectivity index (χ1n) is 13.1. The van der Waals surface area contributed by atoms with Crippen LogP contribution in [0.3, 0.4) is 0 Å². The number of nitrogens with two attached hydrogens (primary N) is 3. The fraction of sp³-hybridized carbons (Fsp3) is 0.577. The van der Waals surface area contributed by atoms with Crippen LogP contribution in [0.15, 0.2) is 36.2 Å². The van der Waals surface area contributed by atoms with Crippen LogP contribution in [0.25, 0.3) is 0 Å². The molecule has 2 atom stereocenters. The second-order valence-corrected chi connectivity index (χ2v) is 9.47. The summed E-state index contributed by atoms with van der Waals surface area (Å²) >= 11 is 0. The third kappa shape index (κ3) is 13.4. The van der Waals surface area contributed by atoms with Crippen LogP contribution < -0.4 is 44.0 Å². The molecular weight excluding hydrogens is 488 g/mol. The van der Waals surface area contributed by atoms with Crippen molar-refractivity contribution in [2.75, 3.05) is 25.0 Å². The molecule has 1 aromatic carbocycles. The van der Waals surface area contributed by atoms with E-state index < -0.39 is 12.1 Å². The zero-order valence-electron chi connectivity index (χ0n) is 22.6. The van der Waals surface area contributed by atoms with Gasteiger partial charge < -0.3 is 37.8 Å². The van der Waals surface area contributed by atoms with Gasteiger partial charge in [-0.05, 0) is 55.8 Å². The van der Waals surface area contributed by atoms with Crippen LogP contribution in [-0.4, -0.2) is 54.5 Å². The van der Waals surface area contributed by atoms with Gasteiger partial charge in [-0.25, -0.2) is 0 Å². The summed E-state index contributed by atoms with van der Waals surface area (Å²) in [5.74, 6) is 4.53. The number of hydrogen-bond donors (Lipinski definition) is 9. The molecular formula is C26H46N8O4. The molecule has 12 N–H and O–H groups in total. The van der Waals surface area contributed by atoms with Gasteiger partial charge in [-0.2, -0.15) is 0 Å². The lowest BCUT2D eigenvalue weighted by atomic mass is 10.0. The minimum absolute atomic E-state index is 0.0391. The van der Waals surface area contributed by atoms with E-state index in [1.54, 1.807) is 24.3 Å². The van der Waals surface area contributed by atoms with Crippen molar-refractivity contribution >= 4 is 23.4 Å². The van der Waals surface area contributed by atoms with Gasteiger partial charge in [0.05, 0.1) is 19.2 Å². The number of carbonyl (C=O) groups excluding carboxylic acids is 3. The van der Waals surface area contributed by atoms with Crippen LogP contribution in [0.4, 0.5) is 5.69 Å². The standard InChI is InChI=1S/C26H46N8O4/c1-18(2)25(34-24(37)16-31-23(36)8-4-3-5-13-27)21(28)15-30-22(7-6-14-32-29)26(38)33-20-11-9-19(17-35)10-12-20/h9-12,15,18,22,25,30,32,35H,3-8,13-14,16-17,27-29H2,1-2H3,(H,31,36)(H,33,38)(H,34,37)/b21-15-/t22-,25-/m0/s1. The molecule has 0 radical (unpaired) electrons. The van der Waals surface area contributed by atoms with Crippen LogP contribution in [0.5, 0.6) is 0 Å². The molecule has 0 saturated heterocycles. The van der Waals surface area contributed by atoms with Gasteiger partial charge in [-0.15, -0.1) is 0 Å². The van der Waals surface area contributed by atoms with Gasteiger partial charge >= 0.3 is 0 Å². The quantitative estimate of drug-likeness (QED) is 0.0658. The molecule has 0 aliphatic carbocycles. The molecule has 0 aliphatic rings. The third-order valence-electron chi connectivity index (χ3n) is 5.88. The Kier molecular flexibility index (Phi) is 16.4. The summed E-state index contributed by atoms with van der Waals surface area (Å²) < 4.78 is 0. The number of hydrogen-bond acceptors (Lipinski definition) is 9. The van der Waals surface area contributed by atoms with Crippen molar-refractivity contribution in [3.63, 3.8) is 0 Å². The molecule has 0 saturated carbocycles. The molecule has 12 nitrogen and oxygen atoms in total. The fourth-order valence-electron chi connectivity index (χ4n) is 3.64. The Labute approximate surface area is 225 Å². The molecule has 0 unspecified atom stereocenters. The van der Waals surface area contributed by atoms with Crippen molar-refractivity contribution in [3.8, 4) is 0 Å². The van der Waals surface area contributed by atoms with Gasteiger partial charge in [-0.3, -0.25) is 25.7 Å². The van der Waals surface area contributed by atoms with E-state index in [0.717, 1.165) is 24.8 Å². The zero-order chi connectivity index (χ0) is 28.3. The van der Waals surface area contributed by atoms with Crippen LogP contribution in [0.1, 0.15) is 57.9 Å². The molecule has 0 bridgehead atoms. The molecule has 12 heteroatoms. The van der Waals surface area contributed by atoms with Crippen molar-refractivity contribution in [3.05, 3.63) is 41.7 Å². The highest BCUT2D eigenvalue weighted by Gasteiger charge is 2.21. The molecule has 38 heavy (non-hydrogen) atoms. The van der Waals surface area contributed by atoms with Crippen molar-refractivity contribution in [2.24, 2.45) is 23.2 Å². The summed E-state index contributed by atoms with van der Waals surface area (Å²) in [6.45, 7) is 4.72. The molecule has 0 aliphatic heterocycles. The highest BCUT2D eigenvalue weighted by atomic mass is 16.3. The van der Waals surface area contributed by atoms with E-state index in [4.69, 9.17) is 17.3 Å². The van der Waals surface area contributed by atoms with Crippen LogP contribution >= 0.6 is 0 Å². The minimum atomic E-state index is -0.610. The summed E-state index contributed by atoms with van der Waals surface area (Å²) in [4.78, 5) is 37.4. The van der Waals surface area contributed by atoms with E-state index in [-0.39, 0.29) is 36.8 Å². The van der Waals surface area contributed by atoms with Crippen molar-refractivity contribution in [1.29, 1.82) is 0 Å². The SMILES string of the molecule is CC(C)[C@H](NC(=O)CNC(=O)CCCCCN)/C(N)=C/N[C@@H](CCCNN)C(=O)Nc1ccc(CO)cc1. The summed E-state index contributed by atoms with van der Waals surface area (Å²) in [7, 11) is 0. The monoisotopic (exact) mass is 534 g/mol. The lowest BCUT2D eigenvalue weighted by Gasteiger charge is -2.24. The number of nitrogens with one attached hydrogen (secondary N) is 5. The number of hydrazine groups is 1. The van der Waals surface area contributed by atoms with Crippen LogP contribution in [0, 0.1) is 5.92 Å². The second-order valence-electron chi connectivity index (χ2n) is 9.47. The van der Waals surface area contributed by atoms with E-state index in [0.29, 0.717) is 43.7 Å². The minimum Gasteiger partial charge on any atom is -0.399 e. The Morgan fingerprint density at radius 2 is 1.74 bits per heavy atom. The highest BCUT2D eigenvalue weighted by Crippen LogP contribution is 2.12. The number of unbranched alkanes of at least 4 members (excludes halogenated alkanes) is 2. The first-order valence-corrected chi connectivity index (χ1v) is 13.1. The van der Waals surface area contributed by atoms with Gasteiger partial charge in [0.25, 0.3) is 0 Å². The number of anilines is 1. The number of amides is 3. The number of rotatable bonds is 19. The Morgan fingerprint density at radius 3 is 2.34 bits per heavy atom. The maximum atomic E-state index is 13.0. The smallest absolute Gasteiger partial charge is 0.246 e. The highest BCUT2D eigenvalue weighted by molar-refractivity contribution is 5.95. The van der Waals surface area contributed by atoms with Crippen molar-refractivity contribution in [1.82, 2.24) is 21.4 Å². The van der Waals surface area contributed by atoms with Gasteiger partial charge in [0, 0.05) is 30.5 Å². The van der Waals surface area contributed by atoms with E-state index in [1.807, 2.05) is 13.8 Å². The number of carbonyl (C=O) groups is 3. The average Bonchev–Trinajstić information content (AvgIpc) is 2.90. The normalized spacial score (nSPS) is 13.1. The van der Waals surface area contributed by atoms with Crippen molar-refractivity contribution < 1.29 is 19.5 Å². The summed E-state index contributed by atoms with van der Waals surface area (Å²) in [6, 6.07) is 5.78. The van der Waals surface area contributed by atoms with Crippen LogP contribution in [-0.2, 0) is 21.0 Å². The molecule has 214 valence electrons. The lowest BCUT2D eigenvalue weighted by molar-refractivity contribution is -0.126. The Bertz CT molecular complexity index is 877. The third-order valence-corrected chi connectivity index (χ3v) is 5.88. The summed E-state index contributed by atoms with van der Waals surface area (Å²) in [5.41, 5.74) is 16.0. The Balaban J connectivity index is 2.75. The zero-order valence-corrected chi connectivity index (χ0v) is 22.6. The van der Waals surface area contributed by atoms with E-state index >= 15 is 0 Å². The summed E-state index contributed by atoms with van der Waals surface area (Å²) in [5, 5.41) is 20.6. The molecule has 1 aromatic rings. The van der Waals surface area contributed by atoms with Crippen LogP contribution in [0.2, 0.25) is 0 Å². The topological polar surface area (TPSA) is 210 Å². The van der Waals surface area contributed by atoms with Gasteiger partial charge in [0.1, 0.15) is 6.04 Å². The average molecular weight is 535 g/mol. The van der Waals surface area contributed by atoms with E-state index in [1.165, 1.54) is 6.20 Å². The van der Waals surface area contributed by atoms with Gasteiger partial charge in [0.15, 0.2) is 0 Å². The Morgan fingerprint density at radius 1 is 1.03 bits per heavy atom. The maximum absolute atomic E-state index is 13.0. The predicted molar refractivity (Wildman–Crippen MR) is 149 cm³/mol. The van der Waals surface area contributed by atoms with Crippen molar-refractivity contribution in [2.45, 2.75) is 71.1 Å². The summed E-state index contributed by atoms with van der Waals surface area (Å²) in [6.07, 6.45) is 5.47. The van der Waals surface area contributed by atoms with Gasteiger partial charge in [0.2, 0.25) is 17.7 Å². The molecule has 0 spiro atoms. The molecule has 0 aromatic heterocycles. The molecule has 3 amide bonds. The van der Waals surface area contributed by atoms with E-state index in [9.17, 15) is 19.5 Å². The van der Waals surface area contributed by atoms with E-state index in [2.05, 4.69) is 26.7 Å². The first-order chi connectivity index (χ1) is 18.2. The fourth-order valence-corrected chi connectivity index (χ4v) is 3.64. The molecule has 0 heterocycles. The number of aliphatic hydroxyl groups excluding tert-OH is 1.